The van der Waals surface area contributed by atoms with Crippen LogP contribution >= 0.6 is 0 Å². The number of ether oxygens (including phenoxy) is 2. The molecule has 0 N–H and O–H groups in total. The average Bonchev–Trinajstić information content (AvgIpc) is 2.99. The van der Waals surface area contributed by atoms with Crippen LogP contribution in [0.4, 0.5) is 0 Å². The molecule has 0 bridgehead atoms. The second-order valence-corrected chi connectivity index (χ2v) is 3.97. The molecular weight excluding hydrogens is 188 g/mol. The molecule has 1 fully saturated rings. The van der Waals surface area contributed by atoms with Crippen molar-refractivity contribution in [2.45, 2.75) is 26.1 Å². The van der Waals surface area contributed by atoms with Gasteiger partial charge in [-0.1, -0.05) is 24.3 Å². The molecule has 2 heteroatoms. The third kappa shape index (κ3) is 3.40. The predicted molar refractivity (Wildman–Crippen MR) is 61.0 cm³/mol. The van der Waals surface area contributed by atoms with Gasteiger partial charge in [0.1, 0.15) is 5.75 Å². The zero-order valence-electron chi connectivity index (χ0n) is 9.14. The first-order valence-electron chi connectivity index (χ1n) is 5.30. The van der Waals surface area contributed by atoms with Gasteiger partial charge in [-0.15, -0.1) is 0 Å². The standard InChI is InChI=1S/C13H16O2/c1-10(2)15-12-6-3-11(4-7-12)5-8-13-9-14-13/h3-8,10,13H,9H2,1-2H3/b8-5+. The highest BCUT2D eigenvalue weighted by Gasteiger charge is 2.17. The van der Waals surface area contributed by atoms with Crippen molar-refractivity contribution in [3.63, 3.8) is 0 Å². The first-order valence-corrected chi connectivity index (χ1v) is 5.30. The first-order chi connectivity index (χ1) is 7.24. The molecule has 1 aliphatic rings. The van der Waals surface area contributed by atoms with E-state index in [1.165, 1.54) is 5.56 Å². The Kier molecular flexibility index (Phi) is 3.07. The number of epoxide rings is 1. The Morgan fingerprint density at radius 1 is 1.33 bits per heavy atom. The topological polar surface area (TPSA) is 21.8 Å². The molecule has 1 unspecified atom stereocenters. The molecule has 0 saturated carbocycles. The average molecular weight is 204 g/mol. The zero-order chi connectivity index (χ0) is 10.7. The van der Waals surface area contributed by atoms with Crippen LogP contribution in [0.2, 0.25) is 0 Å². The van der Waals surface area contributed by atoms with Gasteiger partial charge >= 0.3 is 0 Å². The van der Waals surface area contributed by atoms with Gasteiger partial charge in [-0.3, -0.25) is 0 Å². The van der Waals surface area contributed by atoms with Crippen molar-refractivity contribution in [2.24, 2.45) is 0 Å². The van der Waals surface area contributed by atoms with Crippen LogP contribution in [0.25, 0.3) is 6.08 Å². The van der Waals surface area contributed by atoms with Crippen LogP contribution in [0.1, 0.15) is 19.4 Å². The minimum atomic E-state index is 0.228. The summed E-state index contributed by atoms with van der Waals surface area (Å²) < 4.78 is 10.7. The maximum atomic E-state index is 5.56. The third-order valence-electron chi connectivity index (χ3n) is 2.11. The van der Waals surface area contributed by atoms with Crippen LogP contribution < -0.4 is 4.74 Å². The minimum Gasteiger partial charge on any atom is -0.491 e. The van der Waals surface area contributed by atoms with Crippen molar-refractivity contribution in [3.8, 4) is 5.75 Å². The van der Waals surface area contributed by atoms with Crippen molar-refractivity contribution in [1.82, 2.24) is 0 Å². The van der Waals surface area contributed by atoms with E-state index in [2.05, 4.69) is 24.3 Å². The number of hydrogen-bond acceptors (Lipinski definition) is 2. The van der Waals surface area contributed by atoms with Gasteiger partial charge in [-0.25, -0.2) is 0 Å². The molecule has 0 radical (unpaired) electrons. The summed E-state index contributed by atoms with van der Waals surface area (Å²) in [7, 11) is 0. The minimum absolute atomic E-state index is 0.228. The molecule has 2 nitrogen and oxygen atoms in total. The second kappa shape index (κ2) is 4.49. The fourth-order valence-electron chi connectivity index (χ4n) is 1.31. The third-order valence-corrected chi connectivity index (χ3v) is 2.11. The van der Waals surface area contributed by atoms with Gasteiger partial charge in [0, 0.05) is 0 Å². The maximum absolute atomic E-state index is 5.56. The van der Waals surface area contributed by atoms with Gasteiger partial charge < -0.3 is 9.47 Å². The Bertz CT molecular complexity index is 334. The predicted octanol–water partition coefficient (Wildman–Crippen LogP) is 2.89. The first kappa shape index (κ1) is 10.2. The molecule has 1 aromatic carbocycles. The Balaban J connectivity index is 1.96. The van der Waals surface area contributed by atoms with Crippen molar-refractivity contribution < 1.29 is 9.47 Å². The van der Waals surface area contributed by atoms with Crippen molar-refractivity contribution in [3.05, 3.63) is 35.9 Å². The number of hydrogen-bond donors (Lipinski definition) is 0. The molecule has 1 aliphatic heterocycles. The molecule has 0 aliphatic carbocycles. The molecule has 1 saturated heterocycles. The molecule has 1 aromatic rings. The van der Waals surface area contributed by atoms with E-state index in [1.807, 2.05) is 26.0 Å². The normalized spacial score (nSPS) is 19.8. The summed E-state index contributed by atoms with van der Waals surface area (Å²) in [6.45, 7) is 4.92. The van der Waals surface area contributed by atoms with Crippen molar-refractivity contribution >= 4 is 6.08 Å². The number of rotatable bonds is 4. The van der Waals surface area contributed by atoms with Crippen molar-refractivity contribution in [1.29, 1.82) is 0 Å². The van der Waals surface area contributed by atoms with Crippen LogP contribution in [0.15, 0.2) is 30.3 Å². The lowest BCUT2D eigenvalue weighted by Crippen LogP contribution is -2.05. The highest BCUT2D eigenvalue weighted by atomic mass is 16.6. The van der Waals surface area contributed by atoms with E-state index < -0.39 is 0 Å². The number of benzene rings is 1. The molecule has 0 spiro atoms. The lowest BCUT2D eigenvalue weighted by molar-refractivity contribution is 0.242. The molecule has 1 heterocycles. The van der Waals surface area contributed by atoms with E-state index in [9.17, 15) is 0 Å². The molecule has 0 aromatic heterocycles. The maximum Gasteiger partial charge on any atom is 0.119 e. The Morgan fingerprint density at radius 2 is 2.00 bits per heavy atom. The summed E-state index contributed by atoms with van der Waals surface area (Å²) in [5.41, 5.74) is 1.18. The van der Waals surface area contributed by atoms with Crippen LogP contribution in [-0.4, -0.2) is 18.8 Å². The SMILES string of the molecule is CC(C)Oc1ccc(/C=C/C2CO2)cc1. The van der Waals surface area contributed by atoms with E-state index in [-0.39, 0.29) is 6.10 Å². The quantitative estimate of drug-likeness (QED) is 0.703. The van der Waals surface area contributed by atoms with E-state index in [0.29, 0.717) is 6.10 Å². The van der Waals surface area contributed by atoms with E-state index in [1.54, 1.807) is 0 Å². The summed E-state index contributed by atoms with van der Waals surface area (Å²) in [4.78, 5) is 0. The second-order valence-electron chi connectivity index (χ2n) is 3.97. The van der Waals surface area contributed by atoms with E-state index in [0.717, 1.165) is 12.4 Å². The fourth-order valence-corrected chi connectivity index (χ4v) is 1.31. The Labute approximate surface area is 90.5 Å². The van der Waals surface area contributed by atoms with Crippen LogP contribution in [-0.2, 0) is 4.74 Å². The highest BCUT2D eigenvalue weighted by molar-refractivity contribution is 5.51. The van der Waals surface area contributed by atoms with Crippen molar-refractivity contribution in [2.75, 3.05) is 6.61 Å². The van der Waals surface area contributed by atoms with Gasteiger partial charge in [0.2, 0.25) is 0 Å². The molecule has 2 rings (SSSR count). The summed E-state index contributed by atoms with van der Waals surface area (Å²) in [6.07, 6.45) is 4.73. The lowest BCUT2D eigenvalue weighted by Gasteiger charge is -2.09. The highest BCUT2D eigenvalue weighted by Crippen LogP contribution is 2.16. The summed E-state index contributed by atoms with van der Waals surface area (Å²) in [5, 5.41) is 0. The molecule has 15 heavy (non-hydrogen) atoms. The Morgan fingerprint density at radius 3 is 2.53 bits per heavy atom. The van der Waals surface area contributed by atoms with E-state index >= 15 is 0 Å². The molecule has 1 atom stereocenters. The molecule has 80 valence electrons. The van der Waals surface area contributed by atoms with Crippen LogP contribution in [0.3, 0.4) is 0 Å². The van der Waals surface area contributed by atoms with Gasteiger partial charge in [-0.05, 0) is 31.5 Å². The molecular formula is C13H16O2. The fraction of sp³-hybridized carbons (Fsp3) is 0.385. The smallest absolute Gasteiger partial charge is 0.119 e. The van der Waals surface area contributed by atoms with Gasteiger partial charge in [-0.2, -0.15) is 0 Å². The monoisotopic (exact) mass is 204 g/mol. The summed E-state index contributed by atoms with van der Waals surface area (Å²) >= 11 is 0. The lowest BCUT2D eigenvalue weighted by atomic mass is 10.2. The van der Waals surface area contributed by atoms with Gasteiger partial charge in [0.05, 0.1) is 18.8 Å². The summed E-state index contributed by atoms with van der Waals surface area (Å²) in [5.74, 6) is 0.921. The van der Waals surface area contributed by atoms with Crippen LogP contribution in [0, 0.1) is 0 Å². The molecule has 0 amide bonds. The van der Waals surface area contributed by atoms with Gasteiger partial charge in [0.15, 0.2) is 0 Å². The Hall–Kier alpha value is -1.28. The summed E-state index contributed by atoms with van der Waals surface area (Å²) in [6, 6.07) is 8.09. The van der Waals surface area contributed by atoms with E-state index in [4.69, 9.17) is 9.47 Å². The van der Waals surface area contributed by atoms with Crippen LogP contribution in [0.5, 0.6) is 5.75 Å². The zero-order valence-corrected chi connectivity index (χ0v) is 9.14. The van der Waals surface area contributed by atoms with Gasteiger partial charge in [0.25, 0.3) is 0 Å². The largest absolute Gasteiger partial charge is 0.491 e.